The highest BCUT2D eigenvalue weighted by atomic mass is 19.1. The summed E-state index contributed by atoms with van der Waals surface area (Å²) in [4.78, 5) is 17.0. The zero-order chi connectivity index (χ0) is 24.2. The number of phenolic OH excluding ortho intramolecular Hbond substituents is 1. The van der Waals surface area contributed by atoms with E-state index in [1.165, 1.54) is 37.0 Å². The van der Waals surface area contributed by atoms with E-state index in [9.17, 15) is 14.3 Å². The van der Waals surface area contributed by atoms with E-state index in [1.54, 1.807) is 6.07 Å². The van der Waals surface area contributed by atoms with Gasteiger partial charge in [-0.3, -0.25) is 9.69 Å². The number of halogens is 1. The van der Waals surface area contributed by atoms with Crippen LogP contribution in [0.3, 0.4) is 0 Å². The van der Waals surface area contributed by atoms with E-state index in [1.807, 2.05) is 36.4 Å². The van der Waals surface area contributed by atoms with Gasteiger partial charge in [-0.2, -0.15) is 0 Å². The molecule has 1 saturated heterocycles. The Kier molecular flexibility index (Phi) is 7.00. The summed E-state index contributed by atoms with van der Waals surface area (Å²) >= 11 is 0. The third-order valence-electron chi connectivity index (χ3n) is 7.12. The van der Waals surface area contributed by atoms with Crippen LogP contribution in [0.2, 0.25) is 0 Å². The zero-order valence-electron chi connectivity index (χ0n) is 19.9. The van der Waals surface area contributed by atoms with Crippen LogP contribution >= 0.6 is 0 Å². The summed E-state index contributed by atoms with van der Waals surface area (Å²) in [6.07, 6.45) is 5.17. The number of nitrogens with one attached hydrogen (secondary N) is 1. The third kappa shape index (κ3) is 5.65. The van der Waals surface area contributed by atoms with Crippen LogP contribution in [0.5, 0.6) is 5.75 Å². The molecule has 3 aromatic rings. The van der Waals surface area contributed by atoms with Crippen LogP contribution in [-0.2, 0) is 17.6 Å². The fourth-order valence-electron chi connectivity index (χ4n) is 5.33. The lowest BCUT2D eigenvalue weighted by Gasteiger charge is -2.39. The Morgan fingerprint density at radius 2 is 1.69 bits per heavy atom. The maximum Gasteiger partial charge on any atom is 0.238 e. The normalized spacial score (nSPS) is 18.2. The number of anilines is 2. The lowest BCUT2D eigenvalue weighted by molar-refractivity contribution is -0.117. The van der Waals surface area contributed by atoms with Gasteiger partial charge in [-0.25, -0.2) is 4.39 Å². The molecule has 1 fully saturated rings. The second-order valence-electron chi connectivity index (χ2n) is 9.60. The van der Waals surface area contributed by atoms with Crippen molar-refractivity contribution in [3.63, 3.8) is 0 Å². The highest BCUT2D eigenvalue weighted by Gasteiger charge is 2.28. The van der Waals surface area contributed by atoms with Crippen LogP contribution in [0.4, 0.5) is 15.8 Å². The van der Waals surface area contributed by atoms with E-state index in [0.29, 0.717) is 6.54 Å². The number of carbonyl (C=O) groups excluding carboxylic acids is 1. The van der Waals surface area contributed by atoms with Crippen LogP contribution in [0.25, 0.3) is 0 Å². The molecule has 0 aliphatic carbocycles. The van der Waals surface area contributed by atoms with Gasteiger partial charge in [0.2, 0.25) is 5.91 Å². The van der Waals surface area contributed by atoms with Crippen molar-refractivity contribution in [1.82, 2.24) is 4.90 Å². The van der Waals surface area contributed by atoms with Crippen LogP contribution < -0.4 is 10.2 Å². The number of hydrogen-bond acceptors (Lipinski definition) is 4. The first-order valence-corrected chi connectivity index (χ1v) is 12.5. The van der Waals surface area contributed by atoms with Gasteiger partial charge in [-0.15, -0.1) is 0 Å². The molecule has 0 saturated carbocycles. The maximum atomic E-state index is 13.6. The molecule has 2 heterocycles. The zero-order valence-corrected chi connectivity index (χ0v) is 19.9. The quantitative estimate of drug-likeness (QED) is 0.510. The van der Waals surface area contributed by atoms with E-state index < -0.39 is 0 Å². The van der Waals surface area contributed by atoms with E-state index in [0.717, 1.165) is 55.0 Å². The first-order chi connectivity index (χ1) is 17.0. The molecule has 6 heteroatoms. The number of hydrogen-bond donors (Lipinski definition) is 2. The van der Waals surface area contributed by atoms with Crippen molar-refractivity contribution in [1.29, 1.82) is 0 Å². The number of nitrogens with zero attached hydrogens (tertiary/aromatic N) is 2. The lowest BCUT2D eigenvalue weighted by Crippen LogP contribution is -2.37. The Hall–Kier alpha value is -3.38. The summed E-state index contributed by atoms with van der Waals surface area (Å²) in [6, 6.07) is 20.4. The molecule has 2 aliphatic heterocycles. The molecule has 0 radical (unpaired) electrons. The molecule has 0 spiro atoms. The Morgan fingerprint density at radius 3 is 2.43 bits per heavy atom. The largest absolute Gasteiger partial charge is 0.508 e. The fourth-order valence-corrected chi connectivity index (χ4v) is 5.33. The fraction of sp³-hybridized carbons (Fsp3) is 0.345. The van der Waals surface area contributed by atoms with Crippen molar-refractivity contribution < 1.29 is 14.3 Å². The van der Waals surface area contributed by atoms with Gasteiger partial charge < -0.3 is 15.3 Å². The average molecular weight is 474 g/mol. The Labute approximate surface area is 206 Å². The molecule has 2 N–H and O–H groups in total. The van der Waals surface area contributed by atoms with Gasteiger partial charge in [0.15, 0.2) is 0 Å². The molecule has 182 valence electrons. The summed E-state index contributed by atoms with van der Waals surface area (Å²) in [6.45, 7) is 3.23. The first-order valence-electron chi connectivity index (χ1n) is 12.5. The van der Waals surface area contributed by atoms with Gasteiger partial charge in [0.05, 0.1) is 12.6 Å². The number of benzene rings is 3. The summed E-state index contributed by atoms with van der Waals surface area (Å²) in [5.74, 6) is 0.0658. The second-order valence-corrected chi connectivity index (χ2v) is 9.60. The molecular weight excluding hydrogens is 441 g/mol. The summed E-state index contributed by atoms with van der Waals surface area (Å²) in [5.41, 5.74) is 5.26. The smallest absolute Gasteiger partial charge is 0.238 e. The molecule has 5 nitrogen and oxygen atoms in total. The first kappa shape index (κ1) is 23.4. The van der Waals surface area contributed by atoms with E-state index in [2.05, 4.69) is 27.2 Å². The van der Waals surface area contributed by atoms with E-state index in [-0.39, 0.29) is 23.5 Å². The van der Waals surface area contributed by atoms with Gasteiger partial charge in [-0.05, 0) is 104 Å². The number of carbonyl (C=O) groups is 1. The molecule has 5 rings (SSSR count). The molecule has 1 atom stereocenters. The molecule has 35 heavy (non-hydrogen) atoms. The van der Waals surface area contributed by atoms with Crippen molar-refractivity contribution in [2.75, 3.05) is 36.4 Å². The van der Waals surface area contributed by atoms with Crippen LogP contribution in [0, 0.1) is 5.82 Å². The van der Waals surface area contributed by atoms with Crippen LogP contribution in [-0.4, -0.2) is 42.1 Å². The number of aromatic hydroxyl groups is 1. The van der Waals surface area contributed by atoms with Crippen molar-refractivity contribution in [2.45, 2.75) is 38.1 Å². The minimum absolute atomic E-state index is 0.0307. The molecule has 0 bridgehead atoms. The predicted molar refractivity (Wildman–Crippen MR) is 137 cm³/mol. The number of rotatable bonds is 6. The Bertz CT molecular complexity index is 1160. The van der Waals surface area contributed by atoms with Crippen molar-refractivity contribution in [2.24, 2.45) is 0 Å². The monoisotopic (exact) mass is 473 g/mol. The predicted octanol–water partition coefficient (Wildman–Crippen LogP) is 5.30. The van der Waals surface area contributed by atoms with Crippen LogP contribution in [0.1, 0.15) is 42.0 Å². The number of fused-ring (bicyclic) bond motifs is 1. The number of amides is 1. The van der Waals surface area contributed by atoms with Gasteiger partial charge in [0.1, 0.15) is 11.6 Å². The Balaban J connectivity index is 1.31. The SMILES string of the molecule is O=C(CN1CCCCC1)Nc1ccc(CC2c3ccc(O)cc3CCN2c2ccc(F)cc2)cc1. The lowest BCUT2D eigenvalue weighted by atomic mass is 9.88. The molecule has 1 unspecified atom stereocenters. The molecule has 3 aromatic carbocycles. The standard InChI is InChI=1S/C29H32FN3O2/c30-23-6-10-25(11-7-23)33-17-14-22-19-26(34)12-13-27(22)28(33)18-21-4-8-24(9-5-21)31-29(35)20-32-15-2-1-3-16-32/h4-13,19,28,34H,1-3,14-18,20H2,(H,31,35). The average Bonchev–Trinajstić information content (AvgIpc) is 2.86. The van der Waals surface area contributed by atoms with Gasteiger partial charge in [0, 0.05) is 17.9 Å². The van der Waals surface area contributed by atoms with Gasteiger partial charge in [-0.1, -0.05) is 24.6 Å². The number of likely N-dealkylation sites (tertiary alicyclic amines) is 1. The van der Waals surface area contributed by atoms with Gasteiger partial charge in [0.25, 0.3) is 0 Å². The maximum absolute atomic E-state index is 13.6. The minimum atomic E-state index is -0.245. The highest BCUT2D eigenvalue weighted by molar-refractivity contribution is 5.92. The topological polar surface area (TPSA) is 55.8 Å². The number of phenols is 1. The van der Waals surface area contributed by atoms with Crippen molar-refractivity contribution in [3.8, 4) is 5.75 Å². The third-order valence-corrected chi connectivity index (χ3v) is 7.12. The molecule has 2 aliphatic rings. The summed E-state index contributed by atoms with van der Waals surface area (Å²) in [7, 11) is 0. The van der Waals surface area contributed by atoms with E-state index >= 15 is 0 Å². The highest BCUT2D eigenvalue weighted by Crippen LogP contribution is 2.37. The van der Waals surface area contributed by atoms with Crippen molar-refractivity contribution in [3.05, 3.63) is 89.2 Å². The van der Waals surface area contributed by atoms with E-state index in [4.69, 9.17) is 0 Å². The molecular formula is C29H32FN3O2. The number of piperidine rings is 1. The summed E-state index contributed by atoms with van der Waals surface area (Å²) in [5, 5.41) is 13.0. The van der Waals surface area contributed by atoms with Crippen LogP contribution in [0.15, 0.2) is 66.7 Å². The Morgan fingerprint density at radius 1 is 0.943 bits per heavy atom. The van der Waals surface area contributed by atoms with Crippen molar-refractivity contribution >= 4 is 17.3 Å². The molecule has 0 aromatic heterocycles. The summed E-state index contributed by atoms with van der Waals surface area (Å²) < 4.78 is 13.6. The second kappa shape index (κ2) is 10.5. The van der Waals surface area contributed by atoms with Gasteiger partial charge >= 0.3 is 0 Å². The minimum Gasteiger partial charge on any atom is -0.508 e. The molecule has 1 amide bonds.